The number of ether oxygens (including phenoxy) is 2. The smallest absolute Gasteiger partial charge is 0.203 e. The number of hydrogen-bond donors (Lipinski definition) is 1. The first-order valence-corrected chi connectivity index (χ1v) is 4.69. The molecule has 0 unspecified atom stereocenters. The molecule has 0 amide bonds. The van der Waals surface area contributed by atoms with Gasteiger partial charge >= 0.3 is 0 Å². The Bertz CT molecular complexity index is 467. The van der Waals surface area contributed by atoms with Crippen molar-refractivity contribution in [1.29, 1.82) is 0 Å². The maximum Gasteiger partial charge on any atom is 0.203 e. The van der Waals surface area contributed by atoms with E-state index >= 15 is 0 Å². The summed E-state index contributed by atoms with van der Waals surface area (Å²) in [7, 11) is 3.08. The molecule has 2 heterocycles. The molecule has 0 aliphatic carbocycles. The lowest BCUT2D eigenvalue weighted by Crippen LogP contribution is -2.04. The molecular weight excluding hydrogens is 218 g/mol. The number of pyridine rings is 1. The van der Waals surface area contributed by atoms with Crippen LogP contribution in [0.25, 0.3) is 10.9 Å². The van der Waals surface area contributed by atoms with Gasteiger partial charge in [0.15, 0.2) is 0 Å². The topological polar surface area (TPSA) is 60.0 Å². The summed E-state index contributed by atoms with van der Waals surface area (Å²) in [4.78, 5) is 3.99. The van der Waals surface area contributed by atoms with E-state index < -0.39 is 6.29 Å². The van der Waals surface area contributed by atoms with Crippen molar-refractivity contribution in [3.8, 4) is 0 Å². The van der Waals surface area contributed by atoms with Gasteiger partial charge in [-0.1, -0.05) is 11.6 Å². The number of H-pyrrole nitrogens is 1. The molecule has 0 aliphatic heterocycles. The Morgan fingerprint density at radius 3 is 2.80 bits per heavy atom. The number of hydrogen-bond acceptors (Lipinski definition) is 4. The van der Waals surface area contributed by atoms with Gasteiger partial charge in [-0.2, -0.15) is 5.10 Å². The minimum atomic E-state index is -0.541. The van der Waals surface area contributed by atoms with Crippen molar-refractivity contribution >= 4 is 22.5 Å². The van der Waals surface area contributed by atoms with Gasteiger partial charge in [-0.3, -0.25) is 5.10 Å². The lowest BCUT2D eigenvalue weighted by atomic mass is 10.2. The van der Waals surface area contributed by atoms with Gasteiger partial charge in [0.1, 0.15) is 10.8 Å². The molecule has 6 heteroatoms. The highest BCUT2D eigenvalue weighted by atomic mass is 35.5. The Balaban J connectivity index is 2.61. The first-order valence-electron chi connectivity index (χ1n) is 4.32. The molecule has 0 bridgehead atoms. The summed E-state index contributed by atoms with van der Waals surface area (Å²) in [6.07, 6.45) is 1.07. The third kappa shape index (κ3) is 1.69. The van der Waals surface area contributed by atoms with Crippen molar-refractivity contribution in [3.63, 3.8) is 0 Å². The molecule has 0 aromatic carbocycles. The van der Waals surface area contributed by atoms with Crippen LogP contribution in [0, 0.1) is 0 Å². The lowest BCUT2D eigenvalue weighted by molar-refractivity contribution is -0.107. The van der Waals surface area contributed by atoms with Crippen LogP contribution in [0.1, 0.15) is 12.0 Å². The summed E-state index contributed by atoms with van der Waals surface area (Å²) in [5.74, 6) is 0. The monoisotopic (exact) mass is 227 g/mol. The van der Waals surface area contributed by atoms with Crippen molar-refractivity contribution < 1.29 is 9.47 Å². The Kier molecular flexibility index (Phi) is 2.86. The Morgan fingerprint density at radius 1 is 1.40 bits per heavy atom. The van der Waals surface area contributed by atoms with E-state index in [1.54, 1.807) is 26.5 Å². The third-order valence-electron chi connectivity index (χ3n) is 2.11. The molecule has 15 heavy (non-hydrogen) atoms. The SMILES string of the molecule is COC(OC)c1n[nH]c2ccnc(Cl)c12. The number of nitrogens with zero attached hydrogens (tertiary/aromatic N) is 2. The average Bonchev–Trinajstić information content (AvgIpc) is 2.66. The molecule has 0 saturated carbocycles. The van der Waals surface area contributed by atoms with Crippen LogP contribution in [0.2, 0.25) is 5.15 Å². The molecule has 0 aliphatic rings. The van der Waals surface area contributed by atoms with E-state index in [0.717, 1.165) is 10.9 Å². The van der Waals surface area contributed by atoms with E-state index in [0.29, 0.717) is 10.8 Å². The third-order valence-corrected chi connectivity index (χ3v) is 2.40. The number of aromatic nitrogens is 3. The molecule has 0 atom stereocenters. The van der Waals surface area contributed by atoms with Gasteiger partial charge < -0.3 is 9.47 Å². The fourth-order valence-electron chi connectivity index (χ4n) is 1.44. The van der Waals surface area contributed by atoms with Gasteiger partial charge in [-0.25, -0.2) is 4.98 Å². The summed E-state index contributed by atoms with van der Waals surface area (Å²) in [6, 6.07) is 1.79. The Hall–Kier alpha value is -1.17. The predicted molar refractivity (Wildman–Crippen MR) is 55.7 cm³/mol. The van der Waals surface area contributed by atoms with Crippen LogP contribution in [0.4, 0.5) is 0 Å². The van der Waals surface area contributed by atoms with Crippen LogP contribution in [0.15, 0.2) is 12.3 Å². The standard InChI is InChI=1S/C9H10ClN3O2/c1-14-9(15-2)7-6-5(12-13-7)3-4-11-8(6)10/h3-4,9H,1-2H3,(H,12,13). The zero-order valence-electron chi connectivity index (χ0n) is 8.32. The number of methoxy groups -OCH3 is 2. The van der Waals surface area contributed by atoms with Gasteiger partial charge in [0.05, 0.1) is 10.9 Å². The second kappa shape index (κ2) is 4.14. The van der Waals surface area contributed by atoms with Gasteiger partial charge in [-0.05, 0) is 6.07 Å². The summed E-state index contributed by atoms with van der Waals surface area (Å²) in [5.41, 5.74) is 1.41. The van der Waals surface area contributed by atoms with Gasteiger partial charge in [-0.15, -0.1) is 0 Å². The highest BCUT2D eigenvalue weighted by molar-refractivity contribution is 6.34. The number of aromatic amines is 1. The predicted octanol–water partition coefficient (Wildman–Crippen LogP) is 1.90. The second-order valence-electron chi connectivity index (χ2n) is 2.94. The van der Waals surface area contributed by atoms with Crippen LogP contribution in [0.5, 0.6) is 0 Å². The fourth-order valence-corrected chi connectivity index (χ4v) is 1.69. The van der Waals surface area contributed by atoms with Crippen molar-refractivity contribution in [3.05, 3.63) is 23.1 Å². The Morgan fingerprint density at radius 2 is 2.13 bits per heavy atom. The van der Waals surface area contributed by atoms with Crippen molar-refractivity contribution in [2.24, 2.45) is 0 Å². The molecular formula is C9H10ClN3O2. The quantitative estimate of drug-likeness (QED) is 0.643. The van der Waals surface area contributed by atoms with E-state index in [-0.39, 0.29) is 0 Å². The second-order valence-corrected chi connectivity index (χ2v) is 3.29. The summed E-state index contributed by atoms with van der Waals surface area (Å²) in [5, 5.41) is 8.06. The first kappa shape index (κ1) is 10.4. The zero-order chi connectivity index (χ0) is 10.8. The van der Waals surface area contributed by atoms with Gasteiger partial charge in [0.25, 0.3) is 0 Å². The maximum atomic E-state index is 5.98. The molecule has 0 spiro atoms. The van der Waals surface area contributed by atoms with E-state index in [2.05, 4.69) is 15.2 Å². The van der Waals surface area contributed by atoms with Crippen LogP contribution in [0.3, 0.4) is 0 Å². The zero-order valence-corrected chi connectivity index (χ0v) is 9.08. The van der Waals surface area contributed by atoms with Crippen molar-refractivity contribution in [1.82, 2.24) is 15.2 Å². The summed E-state index contributed by atoms with van der Waals surface area (Å²) in [6.45, 7) is 0. The maximum absolute atomic E-state index is 5.98. The van der Waals surface area contributed by atoms with Crippen molar-refractivity contribution in [2.75, 3.05) is 14.2 Å². The molecule has 0 radical (unpaired) electrons. The molecule has 80 valence electrons. The minimum Gasteiger partial charge on any atom is -0.350 e. The molecule has 5 nitrogen and oxygen atoms in total. The average molecular weight is 228 g/mol. The number of halogens is 1. The molecule has 0 saturated heterocycles. The Labute approximate surface area is 91.4 Å². The van der Waals surface area contributed by atoms with Crippen LogP contribution in [-0.4, -0.2) is 29.4 Å². The van der Waals surface area contributed by atoms with E-state index in [4.69, 9.17) is 21.1 Å². The van der Waals surface area contributed by atoms with E-state index in [1.165, 1.54) is 0 Å². The fraction of sp³-hybridized carbons (Fsp3) is 0.333. The molecule has 0 fully saturated rings. The van der Waals surface area contributed by atoms with E-state index in [9.17, 15) is 0 Å². The summed E-state index contributed by atoms with van der Waals surface area (Å²) < 4.78 is 10.2. The van der Waals surface area contributed by atoms with Crippen LogP contribution < -0.4 is 0 Å². The largest absolute Gasteiger partial charge is 0.350 e. The van der Waals surface area contributed by atoms with Crippen LogP contribution >= 0.6 is 11.6 Å². The summed E-state index contributed by atoms with van der Waals surface area (Å²) >= 11 is 5.98. The highest BCUT2D eigenvalue weighted by Gasteiger charge is 2.18. The van der Waals surface area contributed by atoms with Gasteiger partial charge in [0, 0.05) is 20.4 Å². The van der Waals surface area contributed by atoms with E-state index in [1.807, 2.05) is 0 Å². The number of nitrogens with one attached hydrogen (secondary N) is 1. The highest BCUT2D eigenvalue weighted by Crippen LogP contribution is 2.28. The number of fused-ring (bicyclic) bond motifs is 1. The minimum absolute atomic E-state index is 0.385. The molecule has 2 rings (SSSR count). The van der Waals surface area contributed by atoms with Crippen LogP contribution in [-0.2, 0) is 9.47 Å². The molecule has 2 aromatic rings. The normalized spacial score (nSPS) is 11.5. The number of rotatable bonds is 3. The van der Waals surface area contributed by atoms with Gasteiger partial charge in [0.2, 0.25) is 6.29 Å². The first-order chi connectivity index (χ1) is 7.27. The molecule has 2 aromatic heterocycles. The lowest BCUT2D eigenvalue weighted by Gasteiger charge is -2.10. The molecule has 1 N–H and O–H groups in total. The van der Waals surface area contributed by atoms with Crippen molar-refractivity contribution in [2.45, 2.75) is 6.29 Å².